The van der Waals surface area contributed by atoms with Gasteiger partial charge >= 0.3 is 0 Å². The van der Waals surface area contributed by atoms with Crippen molar-refractivity contribution in [2.45, 2.75) is 38.8 Å². The molecule has 1 fully saturated rings. The van der Waals surface area contributed by atoms with Gasteiger partial charge in [-0.05, 0) is 51.0 Å². The number of nitrogens with one attached hydrogen (secondary N) is 1. The Bertz CT molecular complexity index is 332. The zero-order valence-electron chi connectivity index (χ0n) is 10.4. The van der Waals surface area contributed by atoms with Crippen LogP contribution in [0.25, 0.3) is 0 Å². The molecule has 2 rings (SSSR count). The lowest BCUT2D eigenvalue weighted by atomic mass is 10.0. The van der Waals surface area contributed by atoms with Crippen LogP contribution in [0.2, 0.25) is 4.34 Å². The van der Waals surface area contributed by atoms with Gasteiger partial charge in [-0.15, -0.1) is 11.3 Å². The molecule has 2 heterocycles. The van der Waals surface area contributed by atoms with E-state index in [1.165, 1.54) is 43.8 Å². The predicted octanol–water partition coefficient (Wildman–Crippen LogP) is 3.37. The molecule has 0 atom stereocenters. The predicted molar refractivity (Wildman–Crippen MR) is 75.9 cm³/mol. The fourth-order valence-corrected chi connectivity index (χ4v) is 3.41. The van der Waals surface area contributed by atoms with Gasteiger partial charge in [-0.1, -0.05) is 18.5 Å². The lowest BCUT2D eigenvalue weighted by Crippen LogP contribution is -2.42. The molecule has 17 heavy (non-hydrogen) atoms. The van der Waals surface area contributed by atoms with Crippen LogP contribution < -0.4 is 5.32 Å². The minimum absolute atomic E-state index is 0.684. The van der Waals surface area contributed by atoms with Gasteiger partial charge in [0.05, 0.1) is 4.34 Å². The normalized spacial score (nSPS) is 18.7. The molecular formula is C13H21ClN2S. The van der Waals surface area contributed by atoms with Crippen molar-refractivity contribution in [3.05, 3.63) is 21.3 Å². The maximum absolute atomic E-state index is 5.92. The van der Waals surface area contributed by atoms with E-state index < -0.39 is 0 Å². The molecule has 0 saturated carbocycles. The van der Waals surface area contributed by atoms with Gasteiger partial charge in [0, 0.05) is 17.5 Å². The molecule has 1 aliphatic rings. The molecule has 0 aliphatic carbocycles. The number of thiophene rings is 1. The number of halogens is 1. The lowest BCUT2D eigenvalue weighted by Gasteiger charge is -2.32. The fourth-order valence-electron chi connectivity index (χ4n) is 2.37. The molecule has 0 aromatic carbocycles. The summed E-state index contributed by atoms with van der Waals surface area (Å²) in [7, 11) is 0. The molecule has 0 spiro atoms. The van der Waals surface area contributed by atoms with Gasteiger partial charge in [-0.2, -0.15) is 0 Å². The Balaban J connectivity index is 1.68. The van der Waals surface area contributed by atoms with Gasteiger partial charge in [0.1, 0.15) is 0 Å². The second kappa shape index (κ2) is 6.74. The number of piperidine rings is 1. The summed E-state index contributed by atoms with van der Waals surface area (Å²) in [4.78, 5) is 3.91. The van der Waals surface area contributed by atoms with Crippen molar-refractivity contribution in [2.75, 3.05) is 19.6 Å². The molecule has 0 radical (unpaired) electrons. The van der Waals surface area contributed by atoms with Gasteiger partial charge in [0.15, 0.2) is 0 Å². The highest BCUT2D eigenvalue weighted by molar-refractivity contribution is 7.16. The quantitative estimate of drug-likeness (QED) is 0.884. The van der Waals surface area contributed by atoms with E-state index in [9.17, 15) is 0 Å². The van der Waals surface area contributed by atoms with Gasteiger partial charge in [-0.3, -0.25) is 0 Å². The van der Waals surface area contributed by atoms with Crippen molar-refractivity contribution in [1.29, 1.82) is 0 Å². The van der Waals surface area contributed by atoms with E-state index >= 15 is 0 Å². The molecular weight excluding hydrogens is 252 g/mol. The average molecular weight is 273 g/mol. The second-order valence-corrected chi connectivity index (χ2v) is 6.50. The van der Waals surface area contributed by atoms with Crippen LogP contribution in [-0.2, 0) is 6.54 Å². The van der Waals surface area contributed by atoms with Crippen LogP contribution >= 0.6 is 22.9 Å². The number of rotatable bonds is 5. The summed E-state index contributed by atoms with van der Waals surface area (Å²) in [6.45, 7) is 6.97. The molecule has 96 valence electrons. The van der Waals surface area contributed by atoms with E-state index in [1.807, 2.05) is 6.07 Å². The fraction of sp³-hybridized carbons (Fsp3) is 0.692. The molecule has 1 N–H and O–H groups in total. The van der Waals surface area contributed by atoms with Crippen molar-refractivity contribution in [1.82, 2.24) is 10.2 Å². The first-order chi connectivity index (χ1) is 8.28. The topological polar surface area (TPSA) is 15.3 Å². The second-order valence-electron chi connectivity index (χ2n) is 4.70. The van der Waals surface area contributed by atoms with Gasteiger partial charge in [0.2, 0.25) is 0 Å². The van der Waals surface area contributed by atoms with Crippen LogP contribution in [0, 0.1) is 0 Å². The molecule has 0 bridgehead atoms. The molecule has 0 unspecified atom stereocenters. The van der Waals surface area contributed by atoms with Crippen molar-refractivity contribution in [3.63, 3.8) is 0 Å². The molecule has 4 heteroatoms. The summed E-state index contributed by atoms with van der Waals surface area (Å²) in [6, 6.07) is 4.78. The molecule has 1 aromatic rings. The Hall–Kier alpha value is -0.0900. The smallest absolute Gasteiger partial charge is 0.0931 e. The van der Waals surface area contributed by atoms with Crippen molar-refractivity contribution >= 4 is 22.9 Å². The number of hydrogen-bond acceptors (Lipinski definition) is 3. The third-order valence-electron chi connectivity index (χ3n) is 3.32. The van der Waals surface area contributed by atoms with Crippen LogP contribution in [0.4, 0.5) is 0 Å². The average Bonchev–Trinajstić information content (AvgIpc) is 2.75. The van der Waals surface area contributed by atoms with Crippen LogP contribution in [-0.4, -0.2) is 30.6 Å². The monoisotopic (exact) mass is 272 g/mol. The molecule has 1 aromatic heterocycles. The zero-order valence-corrected chi connectivity index (χ0v) is 12.0. The van der Waals surface area contributed by atoms with Gasteiger partial charge in [-0.25, -0.2) is 0 Å². The number of hydrogen-bond donors (Lipinski definition) is 1. The Morgan fingerprint density at radius 1 is 1.41 bits per heavy atom. The summed E-state index contributed by atoms with van der Waals surface area (Å²) in [5.41, 5.74) is 0. The van der Waals surface area contributed by atoms with E-state index in [2.05, 4.69) is 23.2 Å². The first-order valence-corrected chi connectivity index (χ1v) is 7.67. The van der Waals surface area contributed by atoms with Crippen LogP contribution in [0.5, 0.6) is 0 Å². The third kappa shape index (κ3) is 4.25. The highest BCUT2D eigenvalue weighted by Gasteiger charge is 2.17. The highest BCUT2D eigenvalue weighted by Crippen LogP contribution is 2.21. The van der Waals surface area contributed by atoms with Crippen molar-refractivity contribution in [2.24, 2.45) is 0 Å². The molecule has 2 nitrogen and oxygen atoms in total. The SMILES string of the molecule is CCCN1CCC(NCc2ccc(Cl)s2)CC1. The summed E-state index contributed by atoms with van der Waals surface area (Å²) in [6.07, 6.45) is 3.82. The Kier molecular flexibility index (Phi) is 5.29. The molecule has 0 amide bonds. The van der Waals surface area contributed by atoms with Gasteiger partial charge < -0.3 is 10.2 Å². The van der Waals surface area contributed by atoms with E-state index in [1.54, 1.807) is 11.3 Å². The van der Waals surface area contributed by atoms with E-state index in [0.717, 1.165) is 10.9 Å². The Labute approximate surface area is 113 Å². The van der Waals surface area contributed by atoms with E-state index in [4.69, 9.17) is 11.6 Å². The van der Waals surface area contributed by atoms with E-state index in [0.29, 0.717) is 6.04 Å². The minimum Gasteiger partial charge on any atom is -0.309 e. The van der Waals surface area contributed by atoms with Crippen molar-refractivity contribution < 1.29 is 0 Å². The maximum Gasteiger partial charge on any atom is 0.0931 e. The van der Waals surface area contributed by atoms with Gasteiger partial charge in [0.25, 0.3) is 0 Å². The Morgan fingerprint density at radius 3 is 2.76 bits per heavy atom. The van der Waals surface area contributed by atoms with Crippen LogP contribution in [0.1, 0.15) is 31.1 Å². The van der Waals surface area contributed by atoms with Crippen molar-refractivity contribution in [3.8, 4) is 0 Å². The zero-order chi connectivity index (χ0) is 12.1. The summed E-state index contributed by atoms with van der Waals surface area (Å²) < 4.78 is 0.888. The lowest BCUT2D eigenvalue weighted by molar-refractivity contribution is 0.197. The Morgan fingerprint density at radius 2 is 2.18 bits per heavy atom. The number of nitrogens with zero attached hydrogens (tertiary/aromatic N) is 1. The summed E-state index contributed by atoms with van der Waals surface area (Å²) >= 11 is 7.60. The third-order valence-corrected chi connectivity index (χ3v) is 4.55. The largest absolute Gasteiger partial charge is 0.309 e. The summed E-state index contributed by atoms with van der Waals surface area (Å²) in [5.74, 6) is 0. The van der Waals surface area contributed by atoms with E-state index in [-0.39, 0.29) is 0 Å². The van der Waals surface area contributed by atoms with Crippen LogP contribution in [0.3, 0.4) is 0 Å². The number of likely N-dealkylation sites (tertiary alicyclic amines) is 1. The van der Waals surface area contributed by atoms with Crippen LogP contribution in [0.15, 0.2) is 12.1 Å². The standard InChI is InChI=1S/C13H21ClN2S/c1-2-7-16-8-5-11(6-9-16)15-10-12-3-4-13(14)17-12/h3-4,11,15H,2,5-10H2,1H3. The molecule has 1 saturated heterocycles. The highest BCUT2D eigenvalue weighted by atomic mass is 35.5. The first kappa shape index (κ1) is 13.3. The minimum atomic E-state index is 0.684. The maximum atomic E-state index is 5.92. The molecule has 1 aliphatic heterocycles. The first-order valence-electron chi connectivity index (χ1n) is 6.48. The summed E-state index contributed by atoms with van der Waals surface area (Å²) in [5, 5.41) is 3.64.